The van der Waals surface area contributed by atoms with Gasteiger partial charge in [0, 0.05) is 24.2 Å². The van der Waals surface area contributed by atoms with Crippen molar-refractivity contribution in [2.45, 2.75) is 19.4 Å². The van der Waals surface area contributed by atoms with Crippen LogP contribution in [0.5, 0.6) is 5.75 Å². The number of ether oxygens (including phenoxy) is 1. The molecule has 1 heterocycles. The van der Waals surface area contributed by atoms with Crippen LogP contribution in [0.3, 0.4) is 0 Å². The van der Waals surface area contributed by atoms with Crippen LogP contribution in [0.1, 0.15) is 27.9 Å². The van der Waals surface area contributed by atoms with Crippen LogP contribution in [0.2, 0.25) is 0 Å². The molecular formula is C18H18N2O3. The van der Waals surface area contributed by atoms with Gasteiger partial charge in [-0.1, -0.05) is 18.2 Å². The number of nitrogens with one attached hydrogen (secondary N) is 2. The van der Waals surface area contributed by atoms with Gasteiger partial charge in [0.15, 0.2) is 0 Å². The molecule has 5 nitrogen and oxygen atoms in total. The maximum absolute atomic E-state index is 12.2. The third-order valence-electron chi connectivity index (χ3n) is 3.85. The van der Waals surface area contributed by atoms with E-state index in [1.165, 1.54) is 0 Å². The number of aryl methyl sites for hydroxylation is 1. The third-order valence-corrected chi connectivity index (χ3v) is 3.85. The average molecular weight is 310 g/mol. The first-order valence-corrected chi connectivity index (χ1v) is 7.49. The molecule has 2 N–H and O–H groups in total. The first-order chi connectivity index (χ1) is 11.2. The number of methoxy groups -OCH3 is 1. The molecule has 2 aromatic rings. The first kappa shape index (κ1) is 15.1. The van der Waals surface area contributed by atoms with Gasteiger partial charge >= 0.3 is 0 Å². The second kappa shape index (κ2) is 6.52. The van der Waals surface area contributed by atoms with Gasteiger partial charge in [-0.25, -0.2) is 0 Å². The minimum Gasteiger partial charge on any atom is -0.497 e. The molecule has 1 aliphatic heterocycles. The Bertz CT molecular complexity index is 756. The van der Waals surface area contributed by atoms with Crippen molar-refractivity contribution in [1.29, 1.82) is 0 Å². The van der Waals surface area contributed by atoms with E-state index in [0.717, 1.165) is 23.2 Å². The molecule has 0 saturated carbocycles. The Labute approximate surface area is 134 Å². The highest BCUT2D eigenvalue weighted by molar-refractivity contribution is 5.95. The van der Waals surface area contributed by atoms with Crippen molar-refractivity contribution in [3.8, 4) is 5.75 Å². The maximum atomic E-state index is 12.2. The van der Waals surface area contributed by atoms with Crippen molar-refractivity contribution in [1.82, 2.24) is 5.32 Å². The lowest BCUT2D eigenvalue weighted by molar-refractivity contribution is -0.116. The summed E-state index contributed by atoms with van der Waals surface area (Å²) in [7, 11) is 1.57. The van der Waals surface area contributed by atoms with E-state index in [1.54, 1.807) is 31.4 Å². The SMILES string of the molecule is COc1cccc(C(=O)NCc2ccc3c(c2)CCC(=O)N3)c1. The summed E-state index contributed by atoms with van der Waals surface area (Å²) in [6, 6.07) is 12.9. The summed E-state index contributed by atoms with van der Waals surface area (Å²) < 4.78 is 5.12. The summed E-state index contributed by atoms with van der Waals surface area (Å²) in [6.45, 7) is 0.442. The molecule has 0 saturated heterocycles. The van der Waals surface area contributed by atoms with Gasteiger partial charge in [0.1, 0.15) is 5.75 Å². The molecule has 0 aliphatic carbocycles. The largest absolute Gasteiger partial charge is 0.497 e. The number of fused-ring (bicyclic) bond motifs is 1. The number of hydrogen-bond donors (Lipinski definition) is 2. The number of anilines is 1. The molecule has 0 radical (unpaired) electrons. The Kier molecular flexibility index (Phi) is 4.28. The van der Waals surface area contributed by atoms with E-state index in [1.807, 2.05) is 18.2 Å². The molecule has 118 valence electrons. The summed E-state index contributed by atoms with van der Waals surface area (Å²) in [5.74, 6) is 0.564. The van der Waals surface area contributed by atoms with Crippen LogP contribution in [-0.2, 0) is 17.8 Å². The molecule has 5 heteroatoms. The number of amides is 2. The van der Waals surface area contributed by atoms with Crippen molar-refractivity contribution in [3.05, 3.63) is 59.2 Å². The first-order valence-electron chi connectivity index (χ1n) is 7.49. The zero-order chi connectivity index (χ0) is 16.2. The minimum absolute atomic E-state index is 0.0524. The Morgan fingerprint density at radius 2 is 2.09 bits per heavy atom. The fourth-order valence-electron chi connectivity index (χ4n) is 2.60. The number of carbonyl (C=O) groups excluding carboxylic acids is 2. The zero-order valence-corrected chi connectivity index (χ0v) is 12.9. The third kappa shape index (κ3) is 3.51. The second-order valence-electron chi connectivity index (χ2n) is 5.45. The van der Waals surface area contributed by atoms with Crippen LogP contribution >= 0.6 is 0 Å². The van der Waals surface area contributed by atoms with Crippen molar-refractivity contribution >= 4 is 17.5 Å². The molecule has 0 spiro atoms. The molecule has 0 unspecified atom stereocenters. The molecule has 0 atom stereocenters. The standard InChI is InChI=1S/C18H18N2O3/c1-23-15-4-2-3-14(10-15)18(22)19-11-12-5-7-16-13(9-12)6-8-17(21)20-16/h2-5,7,9-10H,6,8,11H2,1H3,(H,19,22)(H,20,21). The van der Waals surface area contributed by atoms with Crippen LogP contribution in [0.15, 0.2) is 42.5 Å². The Morgan fingerprint density at radius 1 is 1.22 bits per heavy atom. The van der Waals surface area contributed by atoms with Gasteiger partial charge in [0.2, 0.25) is 5.91 Å². The van der Waals surface area contributed by atoms with Crippen molar-refractivity contribution < 1.29 is 14.3 Å². The molecule has 0 bridgehead atoms. The second-order valence-corrected chi connectivity index (χ2v) is 5.45. The quantitative estimate of drug-likeness (QED) is 0.912. The molecule has 0 fully saturated rings. The van der Waals surface area contributed by atoms with Gasteiger partial charge in [0.05, 0.1) is 7.11 Å². The molecule has 0 aromatic heterocycles. The lowest BCUT2D eigenvalue weighted by Crippen LogP contribution is -2.23. The fraction of sp³-hybridized carbons (Fsp3) is 0.222. The smallest absolute Gasteiger partial charge is 0.251 e. The highest BCUT2D eigenvalue weighted by Gasteiger charge is 2.15. The number of rotatable bonds is 4. The lowest BCUT2D eigenvalue weighted by atomic mass is 10.0. The molecule has 1 aliphatic rings. The van der Waals surface area contributed by atoms with Crippen molar-refractivity contribution in [2.75, 3.05) is 12.4 Å². The van der Waals surface area contributed by atoms with E-state index in [2.05, 4.69) is 10.6 Å². The average Bonchev–Trinajstić information content (AvgIpc) is 2.59. The van der Waals surface area contributed by atoms with E-state index >= 15 is 0 Å². The molecular weight excluding hydrogens is 292 g/mol. The van der Waals surface area contributed by atoms with Gasteiger partial charge in [-0.05, 0) is 41.8 Å². The molecule has 23 heavy (non-hydrogen) atoms. The van der Waals surface area contributed by atoms with Crippen molar-refractivity contribution in [3.63, 3.8) is 0 Å². The summed E-state index contributed by atoms with van der Waals surface area (Å²) in [5, 5.41) is 5.75. The molecule has 3 rings (SSSR count). The van der Waals surface area contributed by atoms with E-state index in [9.17, 15) is 9.59 Å². The van der Waals surface area contributed by atoms with Crippen molar-refractivity contribution in [2.24, 2.45) is 0 Å². The van der Waals surface area contributed by atoms with E-state index in [0.29, 0.717) is 24.3 Å². The molecule has 2 amide bonds. The van der Waals surface area contributed by atoms with E-state index in [-0.39, 0.29) is 11.8 Å². The number of benzene rings is 2. The Hall–Kier alpha value is -2.82. The maximum Gasteiger partial charge on any atom is 0.251 e. The van der Waals surface area contributed by atoms with E-state index in [4.69, 9.17) is 4.74 Å². The topological polar surface area (TPSA) is 67.4 Å². The van der Waals surface area contributed by atoms with E-state index < -0.39 is 0 Å². The van der Waals surface area contributed by atoms with Crippen LogP contribution in [0.25, 0.3) is 0 Å². The van der Waals surface area contributed by atoms with Gasteiger partial charge in [0.25, 0.3) is 5.91 Å². The number of carbonyl (C=O) groups is 2. The van der Waals surface area contributed by atoms with Gasteiger partial charge in [-0.3, -0.25) is 9.59 Å². The van der Waals surface area contributed by atoms with Crippen LogP contribution in [0.4, 0.5) is 5.69 Å². The summed E-state index contributed by atoms with van der Waals surface area (Å²) in [5.41, 5.74) is 3.55. The van der Waals surface area contributed by atoms with Crippen LogP contribution in [-0.4, -0.2) is 18.9 Å². The Morgan fingerprint density at radius 3 is 2.91 bits per heavy atom. The highest BCUT2D eigenvalue weighted by Crippen LogP contribution is 2.23. The predicted molar refractivity (Wildman–Crippen MR) is 87.6 cm³/mol. The Balaban J connectivity index is 1.66. The van der Waals surface area contributed by atoms with Gasteiger partial charge in [-0.2, -0.15) is 0 Å². The fourth-order valence-corrected chi connectivity index (χ4v) is 2.60. The highest BCUT2D eigenvalue weighted by atomic mass is 16.5. The summed E-state index contributed by atoms with van der Waals surface area (Å²) in [4.78, 5) is 23.6. The summed E-state index contributed by atoms with van der Waals surface area (Å²) in [6.07, 6.45) is 1.24. The lowest BCUT2D eigenvalue weighted by Gasteiger charge is -2.17. The normalized spacial score (nSPS) is 13.0. The minimum atomic E-state index is -0.144. The molecule has 2 aromatic carbocycles. The van der Waals surface area contributed by atoms with Gasteiger partial charge in [-0.15, -0.1) is 0 Å². The summed E-state index contributed by atoms with van der Waals surface area (Å²) >= 11 is 0. The predicted octanol–water partition coefficient (Wildman–Crippen LogP) is 2.51. The number of hydrogen-bond acceptors (Lipinski definition) is 3. The van der Waals surface area contributed by atoms with Crippen LogP contribution in [0, 0.1) is 0 Å². The monoisotopic (exact) mass is 310 g/mol. The zero-order valence-electron chi connectivity index (χ0n) is 12.9. The van der Waals surface area contributed by atoms with Gasteiger partial charge < -0.3 is 15.4 Å². The van der Waals surface area contributed by atoms with Crippen LogP contribution < -0.4 is 15.4 Å².